The molecule has 3 N–H and O–H groups in total. The number of thioether (sulfide) groups is 1. The molecule has 0 aliphatic rings. The molecule has 98 valence electrons. The largest absolute Gasteiger partial charge is 0.384 e. The van der Waals surface area contributed by atoms with Gasteiger partial charge in [0.25, 0.3) is 0 Å². The van der Waals surface area contributed by atoms with Gasteiger partial charge in [0.2, 0.25) is 0 Å². The number of nitrogen functional groups attached to an aromatic ring is 1. The molecule has 0 fully saturated rings. The average molecular weight is 353 g/mol. The Labute approximate surface area is 129 Å². The summed E-state index contributed by atoms with van der Waals surface area (Å²) in [5, 5.41) is 7.78. The van der Waals surface area contributed by atoms with Gasteiger partial charge in [0.05, 0.1) is 0 Å². The average Bonchev–Trinajstić information content (AvgIpc) is 2.40. The van der Waals surface area contributed by atoms with Crippen molar-refractivity contribution in [2.75, 3.05) is 6.26 Å². The Morgan fingerprint density at radius 1 is 1.05 bits per heavy atom. The van der Waals surface area contributed by atoms with Gasteiger partial charge in [-0.25, -0.2) is 0 Å². The number of hydrogen-bond donors (Lipinski definition) is 2. The molecule has 0 spiro atoms. The van der Waals surface area contributed by atoms with Gasteiger partial charge in [-0.2, -0.15) is 0 Å². The van der Waals surface area contributed by atoms with E-state index >= 15 is 0 Å². The van der Waals surface area contributed by atoms with Crippen LogP contribution >= 0.6 is 39.5 Å². The van der Waals surface area contributed by atoms with Gasteiger partial charge in [-0.05, 0) is 46.5 Å². The normalized spacial score (nSPS) is 10.4. The van der Waals surface area contributed by atoms with Crippen LogP contribution in [0.15, 0.2) is 61.6 Å². The second-order valence-electron chi connectivity index (χ2n) is 3.78. The number of rotatable bonds is 4. The van der Waals surface area contributed by atoms with Crippen molar-refractivity contribution in [2.45, 2.75) is 14.7 Å². The van der Waals surface area contributed by atoms with E-state index in [4.69, 9.17) is 11.1 Å². The van der Waals surface area contributed by atoms with Gasteiger partial charge < -0.3 is 5.73 Å². The first-order valence-electron chi connectivity index (χ1n) is 5.57. The summed E-state index contributed by atoms with van der Waals surface area (Å²) < 4.78 is 1.05. The third kappa shape index (κ3) is 3.35. The molecule has 2 aromatic rings. The van der Waals surface area contributed by atoms with Crippen molar-refractivity contribution in [3.63, 3.8) is 0 Å². The summed E-state index contributed by atoms with van der Waals surface area (Å²) in [5.74, 6) is 0.111. The fourth-order valence-corrected chi connectivity index (χ4v) is 3.93. The summed E-state index contributed by atoms with van der Waals surface area (Å²) >= 11 is 6.76. The highest BCUT2D eigenvalue weighted by atomic mass is 79.9. The molecule has 19 heavy (non-hydrogen) atoms. The Kier molecular flexibility index (Phi) is 4.96. The lowest BCUT2D eigenvalue weighted by Crippen LogP contribution is -2.13. The maximum absolute atomic E-state index is 7.78. The first kappa shape index (κ1) is 14.5. The maximum atomic E-state index is 7.78. The van der Waals surface area contributed by atoms with Crippen LogP contribution in [0.5, 0.6) is 0 Å². The number of nitrogens with one attached hydrogen (secondary N) is 1. The van der Waals surface area contributed by atoms with Gasteiger partial charge in [-0.15, -0.1) is 11.8 Å². The summed E-state index contributed by atoms with van der Waals surface area (Å²) in [6.07, 6.45) is 1.99. The molecule has 5 heteroatoms. The number of nitrogens with two attached hydrogens (primary N) is 1. The van der Waals surface area contributed by atoms with Gasteiger partial charge in [0, 0.05) is 24.7 Å². The van der Waals surface area contributed by atoms with Gasteiger partial charge in [0.15, 0.2) is 0 Å². The van der Waals surface area contributed by atoms with Crippen molar-refractivity contribution in [1.82, 2.24) is 0 Å². The number of halogens is 1. The van der Waals surface area contributed by atoms with Crippen molar-refractivity contribution in [1.29, 1.82) is 5.41 Å². The molecule has 0 atom stereocenters. The van der Waals surface area contributed by atoms with E-state index in [2.05, 4.69) is 15.9 Å². The zero-order valence-corrected chi connectivity index (χ0v) is 13.5. The minimum absolute atomic E-state index is 0.111. The Balaban J connectivity index is 2.46. The fourth-order valence-electron chi connectivity index (χ4n) is 1.68. The van der Waals surface area contributed by atoms with Gasteiger partial charge in [-0.1, -0.05) is 30.0 Å². The van der Waals surface area contributed by atoms with Gasteiger partial charge in [-0.3, -0.25) is 5.41 Å². The molecule has 0 amide bonds. The summed E-state index contributed by atoms with van der Waals surface area (Å²) in [5.41, 5.74) is 6.54. The highest BCUT2D eigenvalue weighted by Crippen LogP contribution is 2.37. The van der Waals surface area contributed by atoms with E-state index in [9.17, 15) is 0 Å². The Hall–Kier alpha value is -0.910. The topological polar surface area (TPSA) is 49.9 Å². The van der Waals surface area contributed by atoms with Crippen LogP contribution in [0, 0.1) is 5.41 Å². The van der Waals surface area contributed by atoms with E-state index < -0.39 is 0 Å². The Morgan fingerprint density at radius 3 is 2.32 bits per heavy atom. The van der Waals surface area contributed by atoms with Crippen molar-refractivity contribution >= 4 is 45.3 Å². The van der Waals surface area contributed by atoms with E-state index in [1.165, 1.54) is 0 Å². The van der Waals surface area contributed by atoms with Crippen LogP contribution < -0.4 is 5.73 Å². The lowest BCUT2D eigenvalue weighted by Gasteiger charge is -2.12. The number of benzene rings is 2. The zero-order chi connectivity index (χ0) is 13.8. The zero-order valence-electron chi connectivity index (χ0n) is 10.3. The van der Waals surface area contributed by atoms with E-state index in [0.29, 0.717) is 0 Å². The van der Waals surface area contributed by atoms with E-state index in [1.54, 1.807) is 23.5 Å². The van der Waals surface area contributed by atoms with Crippen molar-refractivity contribution in [2.24, 2.45) is 5.73 Å². The quantitative estimate of drug-likeness (QED) is 0.480. The molecular weight excluding hydrogens is 340 g/mol. The standard InChI is InChI=1S/C14H13BrN2S2/c1-18-11-7-4-8-12(13(11)14(16)17)19-10-6-3-2-5-9(10)15/h2-8H,1H3,(H3,16,17). The molecule has 0 aliphatic heterocycles. The third-order valence-electron chi connectivity index (χ3n) is 2.53. The predicted octanol–water partition coefficient (Wildman–Crippen LogP) is 4.61. The lowest BCUT2D eigenvalue weighted by atomic mass is 10.2. The van der Waals surface area contributed by atoms with Crippen LogP contribution in [0.3, 0.4) is 0 Å². The van der Waals surface area contributed by atoms with E-state index in [-0.39, 0.29) is 5.84 Å². The predicted molar refractivity (Wildman–Crippen MR) is 87.5 cm³/mol. The highest BCUT2D eigenvalue weighted by Gasteiger charge is 2.12. The van der Waals surface area contributed by atoms with Crippen molar-refractivity contribution in [3.05, 3.63) is 52.5 Å². The minimum atomic E-state index is 0.111. The third-order valence-corrected chi connectivity index (χ3v) is 5.40. The van der Waals surface area contributed by atoms with Crippen LogP contribution in [0.1, 0.15) is 5.56 Å². The molecule has 0 saturated carbocycles. The first-order chi connectivity index (χ1) is 9.13. The van der Waals surface area contributed by atoms with Crippen molar-refractivity contribution < 1.29 is 0 Å². The number of amidine groups is 1. The summed E-state index contributed by atoms with van der Waals surface area (Å²) in [4.78, 5) is 3.15. The molecule has 0 saturated heterocycles. The Morgan fingerprint density at radius 2 is 1.68 bits per heavy atom. The fraction of sp³-hybridized carbons (Fsp3) is 0.0714. The van der Waals surface area contributed by atoms with Crippen LogP contribution in [0.2, 0.25) is 0 Å². The molecule has 2 nitrogen and oxygen atoms in total. The Bertz CT molecular complexity index is 614. The van der Waals surface area contributed by atoms with Crippen LogP contribution in [0.25, 0.3) is 0 Å². The van der Waals surface area contributed by atoms with Crippen LogP contribution in [0.4, 0.5) is 0 Å². The maximum Gasteiger partial charge on any atom is 0.125 e. The number of hydrogen-bond acceptors (Lipinski definition) is 3. The molecule has 0 bridgehead atoms. The molecule has 0 aliphatic carbocycles. The van der Waals surface area contributed by atoms with Crippen molar-refractivity contribution in [3.8, 4) is 0 Å². The molecule has 0 unspecified atom stereocenters. The summed E-state index contributed by atoms with van der Waals surface area (Å²) in [6.45, 7) is 0. The molecule has 0 aromatic heterocycles. The van der Waals surface area contributed by atoms with E-state index in [1.807, 2.05) is 48.7 Å². The van der Waals surface area contributed by atoms with Gasteiger partial charge in [0.1, 0.15) is 5.84 Å². The van der Waals surface area contributed by atoms with E-state index in [0.717, 1.165) is 24.7 Å². The molecule has 0 heterocycles. The van der Waals surface area contributed by atoms with Gasteiger partial charge >= 0.3 is 0 Å². The minimum Gasteiger partial charge on any atom is -0.384 e. The molecule has 2 aromatic carbocycles. The summed E-state index contributed by atoms with van der Waals surface area (Å²) in [7, 11) is 0. The summed E-state index contributed by atoms with van der Waals surface area (Å²) in [6, 6.07) is 14.0. The monoisotopic (exact) mass is 352 g/mol. The SMILES string of the molecule is CSc1cccc(Sc2ccccc2Br)c1C(=N)N. The molecule has 2 rings (SSSR count). The lowest BCUT2D eigenvalue weighted by molar-refractivity contribution is 1.24. The smallest absolute Gasteiger partial charge is 0.125 e. The second kappa shape index (κ2) is 6.50. The molecular formula is C14H13BrN2S2. The molecule has 0 radical (unpaired) electrons. The van der Waals surface area contributed by atoms with Crippen LogP contribution in [-0.4, -0.2) is 12.1 Å². The second-order valence-corrected chi connectivity index (χ2v) is 6.57. The highest BCUT2D eigenvalue weighted by molar-refractivity contribution is 9.10. The first-order valence-corrected chi connectivity index (χ1v) is 8.40. The van der Waals surface area contributed by atoms with Crippen LogP contribution in [-0.2, 0) is 0 Å².